The topological polar surface area (TPSA) is 81.9 Å². The standard InChI is InChI=1S/C21H22N2O3/c1-14(22-12-11-15-5-3-2-4-6-15)19-20(25)18(23-21(19)26)13-16-7-9-17(24)10-8-16/h2-10,18,24-25H,11-13H2,1H3,(H,23,26). The van der Waals surface area contributed by atoms with E-state index >= 15 is 0 Å². The van der Waals surface area contributed by atoms with Crippen molar-refractivity contribution in [2.75, 3.05) is 6.54 Å². The van der Waals surface area contributed by atoms with E-state index in [1.165, 1.54) is 5.56 Å². The van der Waals surface area contributed by atoms with Gasteiger partial charge in [-0.25, -0.2) is 0 Å². The third-order valence-corrected chi connectivity index (χ3v) is 4.45. The molecule has 0 aromatic heterocycles. The number of aliphatic hydroxyl groups excluding tert-OH is 1. The van der Waals surface area contributed by atoms with Gasteiger partial charge in [-0.3, -0.25) is 9.79 Å². The highest BCUT2D eigenvalue weighted by Crippen LogP contribution is 2.21. The van der Waals surface area contributed by atoms with Crippen LogP contribution in [0.15, 0.2) is 70.9 Å². The van der Waals surface area contributed by atoms with Crippen molar-refractivity contribution in [3.63, 3.8) is 0 Å². The number of nitrogens with one attached hydrogen (secondary N) is 1. The summed E-state index contributed by atoms with van der Waals surface area (Å²) in [6, 6.07) is 16.3. The second-order valence-electron chi connectivity index (χ2n) is 6.36. The Labute approximate surface area is 152 Å². The molecule has 1 heterocycles. The number of carbonyl (C=O) groups is 1. The Bertz CT molecular complexity index is 839. The molecule has 0 fully saturated rings. The molecule has 2 aromatic carbocycles. The van der Waals surface area contributed by atoms with Crippen LogP contribution in [-0.2, 0) is 17.6 Å². The Balaban J connectivity index is 1.68. The molecule has 3 N–H and O–H groups in total. The fourth-order valence-corrected chi connectivity index (χ4v) is 3.03. The largest absolute Gasteiger partial charge is 0.509 e. The molecule has 0 aliphatic carbocycles. The molecule has 0 saturated heterocycles. The number of aliphatic imine (C=N–C) groups is 1. The highest BCUT2D eigenvalue weighted by atomic mass is 16.3. The molecule has 1 aliphatic rings. The van der Waals surface area contributed by atoms with Gasteiger partial charge in [-0.1, -0.05) is 42.5 Å². The lowest BCUT2D eigenvalue weighted by Gasteiger charge is -2.11. The zero-order valence-corrected chi connectivity index (χ0v) is 14.6. The van der Waals surface area contributed by atoms with Gasteiger partial charge in [0.15, 0.2) is 0 Å². The van der Waals surface area contributed by atoms with E-state index in [1.54, 1.807) is 31.2 Å². The molecule has 0 spiro atoms. The number of nitrogens with zero attached hydrogens (tertiary/aromatic N) is 1. The summed E-state index contributed by atoms with van der Waals surface area (Å²) in [5.74, 6) is -0.0812. The van der Waals surface area contributed by atoms with Gasteiger partial charge in [0.25, 0.3) is 5.91 Å². The van der Waals surface area contributed by atoms with E-state index in [1.807, 2.05) is 30.3 Å². The van der Waals surface area contributed by atoms with E-state index in [4.69, 9.17) is 0 Å². The first-order valence-corrected chi connectivity index (χ1v) is 8.62. The number of hydrogen-bond donors (Lipinski definition) is 3. The number of phenolic OH excluding ortho intramolecular Hbond substituents is 1. The van der Waals surface area contributed by atoms with Crippen molar-refractivity contribution in [2.24, 2.45) is 4.99 Å². The maximum absolute atomic E-state index is 12.3. The summed E-state index contributed by atoms with van der Waals surface area (Å²) in [4.78, 5) is 16.7. The predicted molar refractivity (Wildman–Crippen MR) is 102 cm³/mol. The summed E-state index contributed by atoms with van der Waals surface area (Å²) in [6.07, 6.45) is 1.24. The van der Waals surface area contributed by atoms with Gasteiger partial charge in [0.2, 0.25) is 0 Å². The number of phenols is 1. The average molecular weight is 350 g/mol. The minimum atomic E-state index is -0.471. The molecule has 26 heavy (non-hydrogen) atoms. The number of carbonyl (C=O) groups excluding carboxylic acids is 1. The minimum Gasteiger partial charge on any atom is -0.509 e. The quantitative estimate of drug-likeness (QED) is 0.701. The van der Waals surface area contributed by atoms with E-state index in [-0.39, 0.29) is 23.0 Å². The zero-order chi connectivity index (χ0) is 18.5. The second-order valence-corrected chi connectivity index (χ2v) is 6.36. The number of hydrogen-bond acceptors (Lipinski definition) is 4. The monoisotopic (exact) mass is 350 g/mol. The first-order valence-electron chi connectivity index (χ1n) is 8.62. The SMILES string of the molecule is CC(=NCCc1ccccc1)C1=C(O)C(Cc2ccc(O)cc2)NC1=O. The number of amides is 1. The van der Waals surface area contributed by atoms with E-state index in [2.05, 4.69) is 10.3 Å². The van der Waals surface area contributed by atoms with Crippen LogP contribution in [0.4, 0.5) is 0 Å². The van der Waals surface area contributed by atoms with Crippen LogP contribution in [0, 0.1) is 0 Å². The lowest BCUT2D eigenvalue weighted by atomic mass is 10.0. The van der Waals surface area contributed by atoms with E-state index in [0.717, 1.165) is 12.0 Å². The van der Waals surface area contributed by atoms with E-state index < -0.39 is 6.04 Å². The maximum atomic E-state index is 12.3. The molecule has 134 valence electrons. The van der Waals surface area contributed by atoms with Crippen molar-refractivity contribution in [2.45, 2.75) is 25.8 Å². The molecule has 0 bridgehead atoms. The van der Waals surface area contributed by atoms with Crippen LogP contribution in [0.25, 0.3) is 0 Å². The normalized spacial score (nSPS) is 17.5. The Morgan fingerprint density at radius 2 is 1.73 bits per heavy atom. The van der Waals surface area contributed by atoms with Crippen molar-refractivity contribution in [1.29, 1.82) is 0 Å². The van der Waals surface area contributed by atoms with Crippen molar-refractivity contribution in [3.05, 3.63) is 77.1 Å². The zero-order valence-electron chi connectivity index (χ0n) is 14.6. The van der Waals surface area contributed by atoms with Gasteiger partial charge in [-0.05, 0) is 43.0 Å². The Hall–Kier alpha value is -3.08. The molecule has 0 saturated carbocycles. The van der Waals surface area contributed by atoms with Gasteiger partial charge in [-0.2, -0.15) is 0 Å². The Morgan fingerprint density at radius 1 is 1.04 bits per heavy atom. The van der Waals surface area contributed by atoms with E-state index in [0.29, 0.717) is 18.7 Å². The van der Waals surface area contributed by atoms with Crippen molar-refractivity contribution < 1.29 is 15.0 Å². The van der Waals surface area contributed by atoms with Gasteiger partial charge in [0.1, 0.15) is 11.5 Å². The number of rotatable bonds is 6. The Kier molecular flexibility index (Phi) is 5.37. The summed E-state index contributed by atoms with van der Waals surface area (Å²) in [5.41, 5.74) is 2.91. The van der Waals surface area contributed by atoms with E-state index in [9.17, 15) is 15.0 Å². The molecule has 0 radical (unpaired) electrons. The fraction of sp³-hybridized carbons (Fsp3) is 0.238. The molecular formula is C21H22N2O3. The van der Waals surface area contributed by atoms with Crippen LogP contribution in [-0.4, -0.2) is 34.4 Å². The first kappa shape index (κ1) is 17.7. The van der Waals surface area contributed by atoms with Crippen LogP contribution in [0.3, 0.4) is 0 Å². The molecule has 1 unspecified atom stereocenters. The lowest BCUT2D eigenvalue weighted by molar-refractivity contribution is -0.116. The van der Waals surface area contributed by atoms with Crippen LogP contribution >= 0.6 is 0 Å². The highest BCUT2D eigenvalue weighted by molar-refractivity contribution is 6.22. The molecule has 3 rings (SSSR count). The minimum absolute atomic E-state index is 0.0315. The Morgan fingerprint density at radius 3 is 2.42 bits per heavy atom. The van der Waals surface area contributed by atoms with Crippen LogP contribution in [0.2, 0.25) is 0 Å². The van der Waals surface area contributed by atoms with Gasteiger partial charge >= 0.3 is 0 Å². The summed E-state index contributed by atoms with van der Waals surface area (Å²) < 4.78 is 0. The third kappa shape index (κ3) is 4.11. The molecule has 1 aliphatic heterocycles. The highest BCUT2D eigenvalue weighted by Gasteiger charge is 2.33. The molecule has 1 amide bonds. The van der Waals surface area contributed by atoms with Crippen LogP contribution in [0.1, 0.15) is 18.1 Å². The fourth-order valence-electron chi connectivity index (χ4n) is 3.03. The number of aliphatic hydroxyl groups is 1. The average Bonchev–Trinajstić information content (AvgIpc) is 2.91. The summed E-state index contributed by atoms with van der Waals surface area (Å²) >= 11 is 0. The smallest absolute Gasteiger partial charge is 0.257 e. The van der Waals surface area contributed by atoms with Crippen LogP contribution in [0.5, 0.6) is 5.75 Å². The molecule has 1 atom stereocenters. The van der Waals surface area contributed by atoms with Crippen LogP contribution < -0.4 is 5.32 Å². The maximum Gasteiger partial charge on any atom is 0.257 e. The molecule has 2 aromatic rings. The predicted octanol–water partition coefficient (Wildman–Crippen LogP) is 2.95. The lowest BCUT2D eigenvalue weighted by Crippen LogP contribution is -2.31. The van der Waals surface area contributed by atoms with Gasteiger partial charge in [0.05, 0.1) is 11.6 Å². The number of aromatic hydroxyl groups is 1. The second kappa shape index (κ2) is 7.87. The molecular weight excluding hydrogens is 328 g/mol. The summed E-state index contributed by atoms with van der Waals surface area (Å²) in [6.45, 7) is 2.31. The van der Waals surface area contributed by atoms with Crippen molar-refractivity contribution >= 4 is 11.6 Å². The van der Waals surface area contributed by atoms with Gasteiger partial charge in [-0.15, -0.1) is 0 Å². The number of benzene rings is 2. The summed E-state index contributed by atoms with van der Waals surface area (Å²) in [7, 11) is 0. The van der Waals surface area contributed by atoms with Gasteiger partial charge < -0.3 is 15.5 Å². The first-order chi connectivity index (χ1) is 12.5. The summed E-state index contributed by atoms with van der Waals surface area (Å²) in [5, 5.41) is 22.6. The molecule has 5 nitrogen and oxygen atoms in total. The van der Waals surface area contributed by atoms with Crippen molar-refractivity contribution in [3.8, 4) is 5.75 Å². The molecule has 5 heteroatoms. The van der Waals surface area contributed by atoms with Gasteiger partial charge in [0, 0.05) is 12.3 Å². The third-order valence-electron chi connectivity index (χ3n) is 4.45. The van der Waals surface area contributed by atoms with Crippen molar-refractivity contribution in [1.82, 2.24) is 5.32 Å².